The van der Waals surface area contributed by atoms with Crippen LogP contribution in [0.4, 0.5) is 17.6 Å². The van der Waals surface area contributed by atoms with Crippen molar-refractivity contribution in [2.45, 2.75) is 6.18 Å². The second-order valence-corrected chi connectivity index (χ2v) is 3.99. The van der Waals surface area contributed by atoms with Crippen molar-refractivity contribution in [1.82, 2.24) is 4.98 Å². The molecule has 6 heteroatoms. The molecule has 0 saturated heterocycles. The highest BCUT2D eigenvalue weighted by Crippen LogP contribution is 2.34. The lowest BCUT2D eigenvalue weighted by Gasteiger charge is -2.08. The molecule has 0 amide bonds. The van der Waals surface area contributed by atoms with Crippen molar-refractivity contribution in [2.24, 2.45) is 0 Å². The minimum Gasteiger partial charge on any atom is -0.227 e. The predicted molar refractivity (Wildman–Crippen MR) is 52.5 cm³/mol. The molecule has 84 valence electrons. The molecule has 16 heavy (non-hydrogen) atoms. The Labute approximate surface area is 92.4 Å². The molecule has 0 radical (unpaired) electrons. The number of rotatable bonds is 1. The number of nitrogens with zero attached hydrogens (tertiary/aromatic N) is 1. The molecule has 0 N–H and O–H groups in total. The summed E-state index contributed by atoms with van der Waals surface area (Å²) >= 11 is 1.27. The van der Waals surface area contributed by atoms with Gasteiger partial charge in [-0.2, -0.15) is 17.6 Å². The summed E-state index contributed by atoms with van der Waals surface area (Å²) in [4.78, 5) is 3.74. The third-order valence-corrected chi connectivity index (χ3v) is 2.87. The van der Waals surface area contributed by atoms with Crippen molar-refractivity contribution in [3.05, 3.63) is 41.3 Å². The van der Waals surface area contributed by atoms with Gasteiger partial charge in [0.2, 0.25) is 5.95 Å². The van der Waals surface area contributed by atoms with Gasteiger partial charge in [-0.3, -0.25) is 0 Å². The van der Waals surface area contributed by atoms with E-state index in [0.29, 0.717) is 4.88 Å². The van der Waals surface area contributed by atoms with E-state index >= 15 is 0 Å². The first-order valence-corrected chi connectivity index (χ1v) is 5.13. The van der Waals surface area contributed by atoms with Crippen LogP contribution in [-0.2, 0) is 6.18 Å². The third kappa shape index (κ3) is 2.06. The molecule has 2 rings (SSSR count). The van der Waals surface area contributed by atoms with Crippen LogP contribution in [0.1, 0.15) is 5.56 Å². The van der Waals surface area contributed by atoms with E-state index < -0.39 is 17.7 Å². The summed E-state index contributed by atoms with van der Waals surface area (Å²) in [5, 5.41) is 1.73. The average molecular weight is 247 g/mol. The molecular formula is C10H5F4NS. The quantitative estimate of drug-likeness (QED) is 0.549. The Morgan fingerprint density at radius 3 is 2.56 bits per heavy atom. The standard InChI is InChI=1S/C10H5F4NS/c11-9-7(10(12,13)14)4-6(5-15-9)8-2-1-3-16-8/h1-5H. The zero-order chi connectivity index (χ0) is 11.8. The maximum atomic E-state index is 12.9. The highest BCUT2D eigenvalue weighted by atomic mass is 32.1. The van der Waals surface area contributed by atoms with Crippen molar-refractivity contribution in [3.8, 4) is 10.4 Å². The SMILES string of the molecule is Fc1ncc(-c2cccs2)cc1C(F)(F)F. The molecule has 0 saturated carbocycles. The van der Waals surface area contributed by atoms with E-state index in [4.69, 9.17) is 0 Å². The van der Waals surface area contributed by atoms with Gasteiger partial charge in [-0.1, -0.05) is 6.07 Å². The van der Waals surface area contributed by atoms with E-state index in [1.54, 1.807) is 17.5 Å². The number of thiophene rings is 1. The monoisotopic (exact) mass is 247 g/mol. The highest BCUT2D eigenvalue weighted by Gasteiger charge is 2.35. The van der Waals surface area contributed by atoms with Gasteiger partial charge < -0.3 is 0 Å². The normalized spacial score (nSPS) is 11.8. The molecule has 0 aliphatic carbocycles. The smallest absolute Gasteiger partial charge is 0.227 e. The van der Waals surface area contributed by atoms with E-state index in [9.17, 15) is 17.6 Å². The first-order chi connectivity index (χ1) is 7.48. The van der Waals surface area contributed by atoms with Crippen molar-refractivity contribution in [3.63, 3.8) is 0 Å². The van der Waals surface area contributed by atoms with E-state index in [1.165, 1.54) is 11.3 Å². The first kappa shape index (κ1) is 11.1. The molecule has 2 heterocycles. The van der Waals surface area contributed by atoms with Crippen molar-refractivity contribution < 1.29 is 17.6 Å². The summed E-state index contributed by atoms with van der Waals surface area (Å²) < 4.78 is 50.1. The van der Waals surface area contributed by atoms with Gasteiger partial charge in [0.05, 0.1) is 0 Å². The number of hydrogen-bond acceptors (Lipinski definition) is 2. The number of pyridine rings is 1. The summed E-state index contributed by atoms with van der Waals surface area (Å²) in [5.74, 6) is -1.49. The number of alkyl halides is 3. The fourth-order valence-electron chi connectivity index (χ4n) is 1.22. The largest absolute Gasteiger partial charge is 0.420 e. The van der Waals surface area contributed by atoms with Crippen LogP contribution < -0.4 is 0 Å². The minimum atomic E-state index is -4.72. The fourth-order valence-corrected chi connectivity index (χ4v) is 1.93. The molecular weight excluding hydrogens is 242 g/mol. The third-order valence-electron chi connectivity index (χ3n) is 1.95. The fraction of sp³-hybridized carbons (Fsp3) is 0.100. The Morgan fingerprint density at radius 2 is 2.00 bits per heavy atom. The van der Waals surface area contributed by atoms with Crippen molar-refractivity contribution in [2.75, 3.05) is 0 Å². The summed E-state index contributed by atoms with van der Waals surface area (Å²) in [6.45, 7) is 0. The van der Waals surface area contributed by atoms with Gasteiger partial charge in [-0.15, -0.1) is 11.3 Å². The molecule has 0 fully saturated rings. The van der Waals surface area contributed by atoms with Crippen molar-refractivity contribution >= 4 is 11.3 Å². The topological polar surface area (TPSA) is 12.9 Å². The molecule has 2 aromatic rings. The van der Waals surface area contributed by atoms with E-state index in [0.717, 1.165) is 12.3 Å². The average Bonchev–Trinajstić information content (AvgIpc) is 2.69. The number of aromatic nitrogens is 1. The molecule has 2 aromatic heterocycles. The predicted octanol–water partition coefficient (Wildman–Crippen LogP) is 3.97. The van der Waals surface area contributed by atoms with Gasteiger partial charge in [0.1, 0.15) is 5.56 Å². The van der Waals surface area contributed by atoms with Gasteiger partial charge in [0.25, 0.3) is 0 Å². The minimum absolute atomic E-state index is 0.267. The highest BCUT2D eigenvalue weighted by molar-refractivity contribution is 7.13. The summed E-state index contributed by atoms with van der Waals surface area (Å²) in [6, 6.07) is 4.13. The van der Waals surface area contributed by atoms with Crippen LogP contribution in [-0.4, -0.2) is 4.98 Å². The maximum absolute atomic E-state index is 12.9. The molecule has 1 nitrogen and oxygen atoms in total. The molecule has 0 unspecified atom stereocenters. The Bertz CT molecular complexity index is 490. The summed E-state index contributed by atoms with van der Waals surface area (Å²) in [7, 11) is 0. The second kappa shape index (κ2) is 3.86. The number of hydrogen-bond donors (Lipinski definition) is 0. The van der Waals surface area contributed by atoms with Crippen LogP contribution >= 0.6 is 11.3 Å². The van der Waals surface area contributed by atoms with Crippen LogP contribution in [0.5, 0.6) is 0 Å². The Balaban J connectivity index is 2.52. The van der Waals surface area contributed by atoms with Crippen LogP contribution in [0.2, 0.25) is 0 Å². The molecule has 0 aromatic carbocycles. The first-order valence-electron chi connectivity index (χ1n) is 4.25. The van der Waals surface area contributed by atoms with Crippen molar-refractivity contribution in [1.29, 1.82) is 0 Å². The van der Waals surface area contributed by atoms with Gasteiger partial charge in [0, 0.05) is 16.6 Å². The molecule has 0 atom stereocenters. The van der Waals surface area contributed by atoms with Crippen LogP contribution in [0.15, 0.2) is 29.8 Å². The zero-order valence-corrected chi connectivity index (χ0v) is 8.57. The van der Waals surface area contributed by atoms with Gasteiger partial charge >= 0.3 is 6.18 Å². The van der Waals surface area contributed by atoms with E-state index in [1.807, 2.05) is 0 Å². The second-order valence-electron chi connectivity index (χ2n) is 3.04. The van der Waals surface area contributed by atoms with Gasteiger partial charge in [-0.25, -0.2) is 4.98 Å². The molecule has 0 aliphatic heterocycles. The summed E-state index contributed by atoms with van der Waals surface area (Å²) in [5.41, 5.74) is -1.07. The number of halogens is 4. The van der Waals surface area contributed by atoms with Crippen LogP contribution in [0, 0.1) is 5.95 Å². The Hall–Kier alpha value is -1.43. The Morgan fingerprint density at radius 1 is 1.25 bits per heavy atom. The lowest BCUT2D eigenvalue weighted by molar-refractivity contribution is -0.140. The lowest BCUT2D eigenvalue weighted by Crippen LogP contribution is -2.09. The van der Waals surface area contributed by atoms with Gasteiger partial charge in [0.15, 0.2) is 0 Å². The molecule has 0 aliphatic rings. The molecule has 0 bridgehead atoms. The molecule has 0 spiro atoms. The lowest BCUT2D eigenvalue weighted by atomic mass is 10.1. The maximum Gasteiger partial charge on any atom is 0.420 e. The Kier molecular flexibility index (Phi) is 2.67. The van der Waals surface area contributed by atoms with Crippen LogP contribution in [0.3, 0.4) is 0 Å². The van der Waals surface area contributed by atoms with Gasteiger partial charge in [-0.05, 0) is 17.5 Å². The van der Waals surface area contributed by atoms with Crippen LogP contribution in [0.25, 0.3) is 10.4 Å². The zero-order valence-electron chi connectivity index (χ0n) is 7.75. The van der Waals surface area contributed by atoms with E-state index in [2.05, 4.69) is 4.98 Å². The van der Waals surface area contributed by atoms with E-state index in [-0.39, 0.29) is 5.56 Å². The summed E-state index contributed by atoms with van der Waals surface area (Å²) in [6.07, 6.45) is -3.62.